The zero-order valence-electron chi connectivity index (χ0n) is 12.6. The molecule has 0 amide bonds. The van der Waals surface area contributed by atoms with Gasteiger partial charge >= 0.3 is 0 Å². The third-order valence-electron chi connectivity index (χ3n) is 3.40. The van der Waals surface area contributed by atoms with Crippen LogP contribution in [0.15, 0.2) is 65.7 Å². The summed E-state index contributed by atoms with van der Waals surface area (Å²) in [6, 6.07) is 19.1. The minimum atomic E-state index is -1.30. The standard InChI is InChI=1S/C19H14ClNO3/c20-17-9-13(5-8-18(17)24-12-19(22)23)11-21-16-7-6-14-3-1-2-4-15(14)10-16/h1-11H,12H2,(H,22,23)/p-1. The minimum absolute atomic E-state index is 0.295. The van der Waals surface area contributed by atoms with Crippen LogP contribution in [0.4, 0.5) is 5.69 Å². The molecule has 120 valence electrons. The Balaban J connectivity index is 1.77. The first-order valence-corrected chi connectivity index (χ1v) is 7.65. The highest BCUT2D eigenvalue weighted by atomic mass is 35.5. The van der Waals surface area contributed by atoms with E-state index < -0.39 is 12.6 Å². The predicted molar refractivity (Wildman–Crippen MR) is 93.2 cm³/mol. The number of carbonyl (C=O) groups excluding carboxylic acids is 1. The number of aliphatic carboxylic acids is 1. The van der Waals surface area contributed by atoms with Crippen molar-refractivity contribution >= 4 is 40.2 Å². The number of aliphatic imine (C=N–C) groups is 1. The second kappa shape index (κ2) is 7.15. The summed E-state index contributed by atoms with van der Waals surface area (Å²) in [6.45, 7) is -0.537. The summed E-state index contributed by atoms with van der Waals surface area (Å²) in [5.41, 5.74) is 1.62. The van der Waals surface area contributed by atoms with Gasteiger partial charge in [-0.25, -0.2) is 0 Å². The number of benzene rings is 3. The van der Waals surface area contributed by atoms with Gasteiger partial charge in [0.1, 0.15) is 12.4 Å². The topological polar surface area (TPSA) is 61.7 Å². The molecule has 3 aromatic carbocycles. The average molecular weight is 339 g/mol. The number of nitrogens with zero attached hydrogens (tertiary/aromatic N) is 1. The Morgan fingerprint density at radius 2 is 1.88 bits per heavy atom. The van der Waals surface area contributed by atoms with Crippen molar-refractivity contribution in [1.29, 1.82) is 0 Å². The molecule has 0 fully saturated rings. The van der Waals surface area contributed by atoms with Gasteiger partial charge in [-0.05, 0) is 46.7 Å². The Morgan fingerprint density at radius 3 is 2.62 bits per heavy atom. The quantitative estimate of drug-likeness (QED) is 0.670. The van der Waals surface area contributed by atoms with Gasteiger partial charge in [0, 0.05) is 6.21 Å². The van der Waals surface area contributed by atoms with Crippen molar-refractivity contribution in [2.24, 2.45) is 4.99 Å². The van der Waals surface area contributed by atoms with Crippen LogP contribution in [0, 0.1) is 0 Å². The van der Waals surface area contributed by atoms with Crippen molar-refractivity contribution in [3.63, 3.8) is 0 Å². The molecule has 24 heavy (non-hydrogen) atoms. The van der Waals surface area contributed by atoms with Gasteiger partial charge in [-0.15, -0.1) is 0 Å². The summed E-state index contributed by atoms with van der Waals surface area (Å²) in [7, 11) is 0. The fourth-order valence-electron chi connectivity index (χ4n) is 2.26. The lowest BCUT2D eigenvalue weighted by Gasteiger charge is -2.08. The number of carboxylic acids is 1. The van der Waals surface area contributed by atoms with Crippen molar-refractivity contribution in [1.82, 2.24) is 0 Å². The number of fused-ring (bicyclic) bond motifs is 1. The summed E-state index contributed by atoms with van der Waals surface area (Å²) < 4.78 is 5.03. The van der Waals surface area contributed by atoms with Gasteiger partial charge in [-0.1, -0.05) is 41.9 Å². The molecule has 3 rings (SSSR count). The normalized spacial score (nSPS) is 11.0. The van der Waals surface area contributed by atoms with E-state index in [0.29, 0.717) is 10.8 Å². The van der Waals surface area contributed by atoms with Crippen LogP contribution < -0.4 is 9.84 Å². The van der Waals surface area contributed by atoms with E-state index in [2.05, 4.69) is 4.99 Å². The number of carboxylic acid groups (broad SMARTS) is 1. The van der Waals surface area contributed by atoms with E-state index in [4.69, 9.17) is 16.3 Å². The van der Waals surface area contributed by atoms with Crippen molar-refractivity contribution in [3.05, 3.63) is 71.2 Å². The Bertz CT molecular complexity index is 921. The molecule has 3 aromatic rings. The summed E-state index contributed by atoms with van der Waals surface area (Å²) in [4.78, 5) is 14.8. The Morgan fingerprint density at radius 1 is 1.08 bits per heavy atom. The Kier molecular flexibility index (Phi) is 4.77. The van der Waals surface area contributed by atoms with Gasteiger partial charge in [-0.2, -0.15) is 0 Å². The van der Waals surface area contributed by atoms with E-state index in [9.17, 15) is 9.90 Å². The molecule has 0 saturated carbocycles. The second-order valence-electron chi connectivity index (χ2n) is 5.14. The largest absolute Gasteiger partial charge is 0.546 e. The van der Waals surface area contributed by atoms with Crippen LogP contribution in [0.25, 0.3) is 10.8 Å². The maximum Gasteiger partial charge on any atom is 0.138 e. The minimum Gasteiger partial charge on any atom is -0.546 e. The lowest BCUT2D eigenvalue weighted by molar-refractivity contribution is -0.307. The Labute approximate surface area is 144 Å². The van der Waals surface area contributed by atoms with E-state index >= 15 is 0 Å². The summed E-state index contributed by atoms with van der Waals surface area (Å²) in [5.74, 6) is -1.00. The summed E-state index contributed by atoms with van der Waals surface area (Å²) in [5, 5.41) is 13.0. The van der Waals surface area contributed by atoms with E-state index in [1.54, 1.807) is 24.4 Å². The fourth-order valence-corrected chi connectivity index (χ4v) is 2.50. The number of halogens is 1. The van der Waals surface area contributed by atoms with Crippen molar-refractivity contribution in [2.75, 3.05) is 6.61 Å². The van der Waals surface area contributed by atoms with Crippen LogP contribution in [0.5, 0.6) is 5.75 Å². The van der Waals surface area contributed by atoms with Crippen LogP contribution in [0.1, 0.15) is 5.56 Å². The van der Waals surface area contributed by atoms with Gasteiger partial charge in [0.25, 0.3) is 0 Å². The molecule has 0 spiro atoms. The molecule has 0 heterocycles. The van der Waals surface area contributed by atoms with Gasteiger partial charge < -0.3 is 14.6 Å². The fraction of sp³-hybridized carbons (Fsp3) is 0.0526. The first kappa shape index (κ1) is 16.0. The number of carbonyl (C=O) groups is 1. The molecule has 0 aromatic heterocycles. The lowest BCUT2D eigenvalue weighted by atomic mass is 10.1. The smallest absolute Gasteiger partial charge is 0.138 e. The average Bonchev–Trinajstić information content (AvgIpc) is 2.59. The molecule has 0 aliphatic carbocycles. The third kappa shape index (κ3) is 3.91. The Hall–Kier alpha value is -2.85. The molecule has 4 nitrogen and oxygen atoms in total. The molecule has 0 N–H and O–H groups in total. The van der Waals surface area contributed by atoms with Crippen LogP contribution in [-0.4, -0.2) is 18.8 Å². The van der Waals surface area contributed by atoms with Gasteiger partial charge in [0.05, 0.1) is 16.7 Å². The zero-order valence-corrected chi connectivity index (χ0v) is 13.4. The molecule has 0 atom stereocenters. The second-order valence-corrected chi connectivity index (χ2v) is 5.55. The predicted octanol–water partition coefficient (Wildman–Crippen LogP) is 3.37. The maximum atomic E-state index is 10.4. The highest BCUT2D eigenvalue weighted by Crippen LogP contribution is 2.25. The van der Waals surface area contributed by atoms with E-state index in [1.807, 2.05) is 42.5 Å². The number of rotatable bonds is 5. The summed E-state index contributed by atoms with van der Waals surface area (Å²) in [6.07, 6.45) is 1.69. The van der Waals surface area contributed by atoms with Gasteiger partial charge in [-0.3, -0.25) is 4.99 Å². The number of ether oxygens (including phenoxy) is 1. The van der Waals surface area contributed by atoms with Crippen LogP contribution in [0.2, 0.25) is 5.02 Å². The maximum absolute atomic E-state index is 10.4. The molecule has 5 heteroatoms. The van der Waals surface area contributed by atoms with Crippen LogP contribution in [-0.2, 0) is 4.79 Å². The highest BCUT2D eigenvalue weighted by molar-refractivity contribution is 6.32. The van der Waals surface area contributed by atoms with Crippen LogP contribution in [0.3, 0.4) is 0 Å². The number of hydrogen-bond acceptors (Lipinski definition) is 4. The molecule has 0 radical (unpaired) electrons. The van der Waals surface area contributed by atoms with E-state index in [-0.39, 0.29) is 0 Å². The lowest BCUT2D eigenvalue weighted by Crippen LogP contribution is -2.28. The van der Waals surface area contributed by atoms with Crippen molar-refractivity contribution in [3.8, 4) is 5.75 Å². The van der Waals surface area contributed by atoms with E-state index in [1.165, 1.54) is 0 Å². The monoisotopic (exact) mass is 338 g/mol. The SMILES string of the molecule is O=C([O-])COc1ccc(C=Nc2ccc3ccccc3c2)cc1Cl. The zero-order chi connectivity index (χ0) is 16.9. The molecular weight excluding hydrogens is 326 g/mol. The molecule has 0 unspecified atom stereocenters. The molecule has 0 aliphatic heterocycles. The number of hydrogen-bond donors (Lipinski definition) is 0. The molecule has 0 bridgehead atoms. The van der Waals surface area contributed by atoms with Crippen molar-refractivity contribution in [2.45, 2.75) is 0 Å². The first-order valence-electron chi connectivity index (χ1n) is 7.27. The van der Waals surface area contributed by atoms with Crippen molar-refractivity contribution < 1.29 is 14.6 Å². The van der Waals surface area contributed by atoms with Gasteiger partial charge in [0.15, 0.2) is 0 Å². The van der Waals surface area contributed by atoms with Crippen LogP contribution >= 0.6 is 11.6 Å². The first-order chi connectivity index (χ1) is 11.6. The third-order valence-corrected chi connectivity index (χ3v) is 3.69. The molecule has 0 saturated heterocycles. The highest BCUT2D eigenvalue weighted by Gasteiger charge is 2.02. The van der Waals surface area contributed by atoms with E-state index in [0.717, 1.165) is 22.0 Å². The van der Waals surface area contributed by atoms with Gasteiger partial charge in [0.2, 0.25) is 0 Å². The summed E-state index contributed by atoms with van der Waals surface area (Å²) >= 11 is 6.07. The molecule has 0 aliphatic rings. The molecular formula is C19H13ClNO3-.